The Hall–Kier alpha value is -0.0500. The predicted molar refractivity (Wildman–Crippen MR) is 44.4 cm³/mol. The summed E-state index contributed by atoms with van der Waals surface area (Å²) in [5, 5.41) is 8.75. The monoisotopic (exact) mass is 208 g/mol. The Bertz CT molecular complexity index is 144. The molecule has 0 unspecified atom stereocenters. The van der Waals surface area contributed by atoms with E-state index in [0.29, 0.717) is 0 Å². The fraction of sp³-hybridized carbons (Fsp3) is 0.857. The number of alkyl halides is 1. The quantitative estimate of drug-likeness (QED) is 0.708. The van der Waals surface area contributed by atoms with Gasteiger partial charge in [-0.25, -0.2) is 0 Å². The van der Waals surface area contributed by atoms with E-state index >= 15 is 0 Å². The minimum Gasteiger partial charge on any atom is -0.481 e. The highest BCUT2D eigenvalue weighted by Crippen LogP contribution is 2.37. The van der Waals surface area contributed by atoms with Crippen molar-refractivity contribution in [3.05, 3.63) is 0 Å². The maximum Gasteiger partial charge on any atom is 0.310 e. The van der Waals surface area contributed by atoms with Crippen molar-refractivity contribution in [2.45, 2.75) is 32.0 Å². The third kappa shape index (κ3) is 1.72. The number of hydrogen-bond donors (Lipinski definition) is 1. The fourth-order valence-corrected chi connectivity index (χ4v) is 0.424. The molecule has 0 heterocycles. The maximum absolute atomic E-state index is 10.6. The van der Waals surface area contributed by atoms with E-state index in [2.05, 4.69) is 15.9 Å². The third-order valence-corrected chi connectivity index (χ3v) is 3.01. The second-order valence-corrected chi connectivity index (χ2v) is 5.39. The van der Waals surface area contributed by atoms with E-state index in [9.17, 15) is 4.79 Å². The number of carboxylic acids is 1. The van der Waals surface area contributed by atoms with Crippen LogP contribution in [0.15, 0.2) is 0 Å². The van der Waals surface area contributed by atoms with Crippen molar-refractivity contribution in [3.63, 3.8) is 0 Å². The lowest BCUT2D eigenvalue weighted by molar-refractivity contribution is -0.148. The molecule has 60 valence electrons. The zero-order chi connectivity index (χ0) is 8.58. The van der Waals surface area contributed by atoms with Crippen LogP contribution in [-0.2, 0) is 4.79 Å². The number of aliphatic carboxylic acids is 1. The fourth-order valence-electron chi connectivity index (χ4n) is 0.254. The van der Waals surface area contributed by atoms with Crippen LogP contribution in [0.3, 0.4) is 0 Å². The summed E-state index contributed by atoms with van der Waals surface area (Å²) in [5.41, 5.74) is -0.729. The van der Waals surface area contributed by atoms with Gasteiger partial charge >= 0.3 is 5.97 Å². The van der Waals surface area contributed by atoms with Gasteiger partial charge in [-0.05, 0) is 27.7 Å². The van der Waals surface area contributed by atoms with Crippen LogP contribution in [0.1, 0.15) is 27.7 Å². The van der Waals surface area contributed by atoms with Gasteiger partial charge in [-0.2, -0.15) is 0 Å². The zero-order valence-corrected chi connectivity index (χ0v) is 8.32. The molecule has 0 saturated heterocycles. The van der Waals surface area contributed by atoms with E-state index in [4.69, 9.17) is 5.11 Å². The van der Waals surface area contributed by atoms with Crippen LogP contribution >= 0.6 is 15.9 Å². The summed E-state index contributed by atoms with van der Waals surface area (Å²) in [4.78, 5) is 10.6. The minimum atomic E-state index is -0.783. The van der Waals surface area contributed by atoms with Crippen molar-refractivity contribution in [1.82, 2.24) is 0 Å². The molecule has 0 spiro atoms. The molecule has 0 aromatic heterocycles. The summed E-state index contributed by atoms with van der Waals surface area (Å²) < 4.78 is -0.369. The molecule has 3 heteroatoms. The summed E-state index contributed by atoms with van der Waals surface area (Å²) in [7, 11) is 0. The molecular weight excluding hydrogens is 196 g/mol. The van der Waals surface area contributed by atoms with Crippen LogP contribution in [0.25, 0.3) is 0 Å². The normalized spacial score (nSPS) is 13.3. The molecule has 0 fully saturated rings. The van der Waals surface area contributed by atoms with Gasteiger partial charge in [0.25, 0.3) is 0 Å². The molecule has 0 atom stereocenters. The Kier molecular flexibility index (Phi) is 2.52. The Balaban J connectivity index is 4.57. The van der Waals surface area contributed by atoms with Crippen molar-refractivity contribution in [3.8, 4) is 0 Å². The molecule has 0 aromatic carbocycles. The second kappa shape index (κ2) is 2.53. The molecule has 2 nitrogen and oxygen atoms in total. The summed E-state index contributed by atoms with van der Waals surface area (Å²) >= 11 is 3.32. The number of carboxylic acid groups (broad SMARTS) is 1. The lowest BCUT2D eigenvalue weighted by Gasteiger charge is -2.32. The van der Waals surface area contributed by atoms with E-state index in [-0.39, 0.29) is 4.32 Å². The Morgan fingerprint density at radius 2 is 1.60 bits per heavy atom. The highest BCUT2D eigenvalue weighted by atomic mass is 79.9. The van der Waals surface area contributed by atoms with Gasteiger partial charge in [0, 0.05) is 4.32 Å². The SMILES string of the molecule is CC(C)(Br)C(C)(C)C(=O)O. The molecule has 0 rings (SSSR count). The summed E-state index contributed by atoms with van der Waals surface area (Å²) in [6.45, 7) is 7.09. The lowest BCUT2D eigenvalue weighted by atomic mass is 9.81. The molecular formula is C7H13BrO2. The average Bonchev–Trinajstić information content (AvgIpc) is 1.62. The number of carbonyl (C=O) groups is 1. The van der Waals surface area contributed by atoms with Gasteiger partial charge in [0.1, 0.15) is 0 Å². The van der Waals surface area contributed by atoms with Crippen LogP contribution in [-0.4, -0.2) is 15.4 Å². The van der Waals surface area contributed by atoms with Crippen molar-refractivity contribution in [2.75, 3.05) is 0 Å². The average molecular weight is 209 g/mol. The van der Waals surface area contributed by atoms with Gasteiger partial charge in [0.2, 0.25) is 0 Å². The van der Waals surface area contributed by atoms with Gasteiger partial charge in [0.15, 0.2) is 0 Å². The first kappa shape index (κ1) is 9.95. The first-order valence-corrected chi connectivity index (χ1v) is 3.91. The zero-order valence-electron chi connectivity index (χ0n) is 6.73. The summed E-state index contributed by atoms with van der Waals surface area (Å²) in [5.74, 6) is -0.783. The van der Waals surface area contributed by atoms with E-state index < -0.39 is 11.4 Å². The number of halogens is 1. The number of rotatable bonds is 2. The Labute approximate surface area is 69.8 Å². The first-order chi connectivity index (χ1) is 4.19. The van der Waals surface area contributed by atoms with Gasteiger partial charge in [-0.1, -0.05) is 15.9 Å². The van der Waals surface area contributed by atoms with Crippen molar-refractivity contribution >= 4 is 21.9 Å². The molecule has 0 aliphatic rings. The van der Waals surface area contributed by atoms with Crippen molar-refractivity contribution in [2.24, 2.45) is 5.41 Å². The number of hydrogen-bond acceptors (Lipinski definition) is 1. The molecule has 0 aromatic rings. The molecule has 10 heavy (non-hydrogen) atoms. The van der Waals surface area contributed by atoms with Crippen LogP contribution < -0.4 is 0 Å². The molecule has 0 aliphatic carbocycles. The van der Waals surface area contributed by atoms with Crippen molar-refractivity contribution in [1.29, 1.82) is 0 Å². The largest absolute Gasteiger partial charge is 0.481 e. The molecule has 0 aliphatic heterocycles. The van der Waals surface area contributed by atoms with E-state index in [1.54, 1.807) is 13.8 Å². The predicted octanol–water partition coefficient (Wildman–Crippen LogP) is 2.27. The second-order valence-electron chi connectivity index (χ2n) is 3.40. The highest BCUT2D eigenvalue weighted by molar-refractivity contribution is 9.10. The Morgan fingerprint density at radius 3 is 1.60 bits per heavy atom. The lowest BCUT2D eigenvalue weighted by Crippen LogP contribution is -2.40. The molecule has 0 bridgehead atoms. The summed E-state index contributed by atoms with van der Waals surface area (Å²) in [6, 6.07) is 0. The van der Waals surface area contributed by atoms with Crippen LogP contribution in [0.2, 0.25) is 0 Å². The van der Waals surface area contributed by atoms with E-state index in [1.807, 2.05) is 13.8 Å². The smallest absolute Gasteiger partial charge is 0.310 e. The summed E-state index contributed by atoms with van der Waals surface area (Å²) in [6.07, 6.45) is 0. The molecule has 1 N–H and O–H groups in total. The van der Waals surface area contributed by atoms with Gasteiger partial charge < -0.3 is 5.11 Å². The standard InChI is InChI=1S/C7H13BrO2/c1-6(2,5(9)10)7(3,4)8/h1-4H3,(H,9,10). The van der Waals surface area contributed by atoms with Crippen LogP contribution in [0.4, 0.5) is 0 Å². The van der Waals surface area contributed by atoms with E-state index in [1.165, 1.54) is 0 Å². The molecule has 0 radical (unpaired) electrons. The van der Waals surface area contributed by atoms with Gasteiger partial charge in [-0.15, -0.1) is 0 Å². The van der Waals surface area contributed by atoms with E-state index in [0.717, 1.165) is 0 Å². The maximum atomic E-state index is 10.6. The topological polar surface area (TPSA) is 37.3 Å². The van der Waals surface area contributed by atoms with Crippen LogP contribution in [0.5, 0.6) is 0 Å². The van der Waals surface area contributed by atoms with Crippen molar-refractivity contribution < 1.29 is 9.90 Å². The Morgan fingerprint density at radius 1 is 1.30 bits per heavy atom. The highest BCUT2D eigenvalue weighted by Gasteiger charge is 2.41. The van der Waals surface area contributed by atoms with Gasteiger partial charge in [0.05, 0.1) is 5.41 Å². The molecule has 0 saturated carbocycles. The third-order valence-electron chi connectivity index (χ3n) is 2.02. The first-order valence-electron chi connectivity index (χ1n) is 3.12. The van der Waals surface area contributed by atoms with Gasteiger partial charge in [-0.3, -0.25) is 4.79 Å². The van der Waals surface area contributed by atoms with Crippen LogP contribution in [0, 0.1) is 5.41 Å². The molecule has 0 amide bonds. The minimum absolute atomic E-state index is 0.369.